The first kappa shape index (κ1) is 11.7. The van der Waals surface area contributed by atoms with Gasteiger partial charge in [-0.3, -0.25) is 5.10 Å². The quantitative estimate of drug-likeness (QED) is 0.774. The fourth-order valence-corrected chi connectivity index (χ4v) is 3.23. The van der Waals surface area contributed by atoms with E-state index in [0.717, 1.165) is 30.1 Å². The number of imidazole rings is 1. The van der Waals surface area contributed by atoms with Gasteiger partial charge in [-0.25, -0.2) is 4.98 Å². The fourth-order valence-electron chi connectivity index (χ4n) is 3.23. The van der Waals surface area contributed by atoms with Crippen LogP contribution in [-0.2, 0) is 12.8 Å². The van der Waals surface area contributed by atoms with Crippen LogP contribution in [-0.4, -0.2) is 19.6 Å². The van der Waals surface area contributed by atoms with Gasteiger partial charge < -0.3 is 4.40 Å². The van der Waals surface area contributed by atoms with Crippen LogP contribution in [0.1, 0.15) is 31.0 Å². The molecule has 4 rings (SSSR count). The van der Waals surface area contributed by atoms with Crippen LogP contribution in [0, 0.1) is 5.92 Å². The third kappa shape index (κ3) is 1.75. The molecule has 102 valence electrons. The van der Waals surface area contributed by atoms with Crippen LogP contribution in [0.3, 0.4) is 0 Å². The van der Waals surface area contributed by atoms with Crippen LogP contribution < -0.4 is 0 Å². The van der Waals surface area contributed by atoms with Crippen molar-refractivity contribution >= 4 is 5.65 Å². The lowest BCUT2D eigenvalue weighted by Crippen LogP contribution is -2.13. The van der Waals surface area contributed by atoms with Crippen molar-refractivity contribution < 1.29 is 0 Å². The second kappa shape index (κ2) is 4.47. The van der Waals surface area contributed by atoms with Crippen molar-refractivity contribution in [1.82, 2.24) is 19.6 Å². The highest BCUT2D eigenvalue weighted by molar-refractivity contribution is 5.65. The van der Waals surface area contributed by atoms with Crippen LogP contribution in [0.4, 0.5) is 0 Å². The molecule has 0 radical (unpaired) electrons. The Morgan fingerprint density at radius 2 is 2.35 bits per heavy atom. The maximum Gasteiger partial charge on any atom is 0.136 e. The Morgan fingerprint density at radius 1 is 1.40 bits per heavy atom. The Bertz CT molecular complexity index is 753. The molecular formula is C16H18N4. The van der Waals surface area contributed by atoms with Crippen molar-refractivity contribution in [3.63, 3.8) is 0 Å². The Kier molecular flexibility index (Phi) is 2.62. The molecule has 1 aliphatic carbocycles. The Morgan fingerprint density at radius 3 is 3.25 bits per heavy atom. The van der Waals surface area contributed by atoms with E-state index in [1.807, 2.05) is 22.9 Å². The van der Waals surface area contributed by atoms with Crippen LogP contribution >= 0.6 is 0 Å². The summed E-state index contributed by atoms with van der Waals surface area (Å²) in [6.07, 6.45) is 10.7. The molecule has 4 heteroatoms. The number of aromatic amines is 1. The first-order chi connectivity index (χ1) is 9.85. The number of aromatic nitrogens is 4. The van der Waals surface area contributed by atoms with Gasteiger partial charge in [0.05, 0.1) is 5.69 Å². The number of hydrogen-bond acceptors (Lipinski definition) is 2. The molecule has 1 N–H and O–H groups in total. The van der Waals surface area contributed by atoms with Gasteiger partial charge in [-0.2, -0.15) is 5.10 Å². The van der Waals surface area contributed by atoms with Gasteiger partial charge >= 0.3 is 0 Å². The van der Waals surface area contributed by atoms with Crippen molar-refractivity contribution in [2.24, 2.45) is 5.92 Å². The molecule has 20 heavy (non-hydrogen) atoms. The summed E-state index contributed by atoms with van der Waals surface area (Å²) in [6.45, 7) is 2.28. The second-order valence-electron chi connectivity index (χ2n) is 5.66. The molecule has 0 amide bonds. The van der Waals surface area contributed by atoms with E-state index in [1.165, 1.54) is 29.7 Å². The van der Waals surface area contributed by atoms with Gasteiger partial charge in [-0.05, 0) is 37.3 Å². The smallest absolute Gasteiger partial charge is 0.136 e. The summed E-state index contributed by atoms with van der Waals surface area (Å²) in [7, 11) is 0. The van der Waals surface area contributed by atoms with Gasteiger partial charge in [-0.15, -0.1) is 0 Å². The molecular weight excluding hydrogens is 248 g/mol. The summed E-state index contributed by atoms with van der Waals surface area (Å²) in [5.41, 5.74) is 6.01. The molecule has 1 atom stereocenters. The van der Waals surface area contributed by atoms with Crippen molar-refractivity contribution in [1.29, 1.82) is 0 Å². The lowest BCUT2D eigenvalue weighted by atomic mass is 9.85. The zero-order chi connectivity index (χ0) is 13.5. The monoisotopic (exact) mass is 266 g/mol. The molecule has 3 aromatic rings. The zero-order valence-corrected chi connectivity index (χ0v) is 11.6. The number of hydrogen-bond donors (Lipinski definition) is 1. The number of nitrogens with one attached hydrogen (secondary N) is 1. The van der Waals surface area contributed by atoms with Crippen LogP contribution in [0.25, 0.3) is 16.9 Å². The van der Waals surface area contributed by atoms with E-state index < -0.39 is 0 Å². The standard InChI is InChI=1S/C16H18N4/c1-2-11-3-5-13-14(9-11)18-19-16(13)12-4-6-15-17-7-8-20(15)10-12/h4,6-8,10-11H,2-3,5,9H2,1H3,(H,18,19). The van der Waals surface area contributed by atoms with Crippen molar-refractivity contribution in [2.75, 3.05) is 0 Å². The minimum absolute atomic E-state index is 0.812. The zero-order valence-electron chi connectivity index (χ0n) is 11.6. The lowest BCUT2D eigenvalue weighted by Gasteiger charge is -2.20. The van der Waals surface area contributed by atoms with Gasteiger partial charge in [0.15, 0.2) is 0 Å². The van der Waals surface area contributed by atoms with E-state index in [0.29, 0.717) is 0 Å². The minimum Gasteiger partial charge on any atom is -0.306 e. The van der Waals surface area contributed by atoms with E-state index in [2.05, 4.69) is 34.4 Å². The normalized spacial score (nSPS) is 18.4. The maximum atomic E-state index is 4.57. The van der Waals surface area contributed by atoms with Gasteiger partial charge in [0.2, 0.25) is 0 Å². The van der Waals surface area contributed by atoms with Crippen molar-refractivity contribution in [3.05, 3.63) is 42.0 Å². The topological polar surface area (TPSA) is 46.0 Å². The first-order valence-electron chi connectivity index (χ1n) is 7.34. The average Bonchev–Trinajstić information content (AvgIpc) is 3.11. The van der Waals surface area contributed by atoms with E-state index in [4.69, 9.17) is 0 Å². The molecule has 0 saturated heterocycles. The van der Waals surface area contributed by atoms with Gasteiger partial charge in [-0.1, -0.05) is 13.3 Å². The highest BCUT2D eigenvalue weighted by Gasteiger charge is 2.23. The predicted octanol–water partition coefficient (Wildman–Crippen LogP) is 3.24. The number of H-pyrrole nitrogens is 1. The Labute approximate surface area is 117 Å². The highest BCUT2D eigenvalue weighted by Crippen LogP contribution is 2.32. The van der Waals surface area contributed by atoms with E-state index in [-0.39, 0.29) is 0 Å². The van der Waals surface area contributed by atoms with Crippen molar-refractivity contribution in [3.8, 4) is 11.3 Å². The largest absolute Gasteiger partial charge is 0.306 e. The molecule has 4 nitrogen and oxygen atoms in total. The summed E-state index contributed by atoms with van der Waals surface area (Å²) in [5.74, 6) is 0.812. The second-order valence-corrected chi connectivity index (χ2v) is 5.66. The molecule has 0 bridgehead atoms. The Balaban J connectivity index is 1.77. The van der Waals surface area contributed by atoms with Gasteiger partial charge in [0.25, 0.3) is 0 Å². The highest BCUT2D eigenvalue weighted by atomic mass is 15.1. The van der Waals surface area contributed by atoms with E-state index in [1.54, 1.807) is 0 Å². The molecule has 1 aliphatic rings. The molecule has 0 aliphatic heterocycles. The number of pyridine rings is 1. The van der Waals surface area contributed by atoms with Crippen LogP contribution in [0.15, 0.2) is 30.7 Å². The predicted molar refractivity (Wildman–Crippen MR) is 78.6 cm³/mol. The summed E-state index contributed by atoms with van der Waals surface area (Å²) in [5, 5.41) is 7.83. The third-order valence-electron chi connectivity index (χ3n) is 4.49. The summed E-state index contributed by atoms with van der Waals surface area (Å²) < 4.78 is 2.05. The van der Waals surface area contributed by atoms with Crippen LogP contribution in [0.5, 0.6) is 0 Å². The fraction of sp³-hybridized carbons (Fsp3) is 0.375. The molecule has 0 spiro atoms. The average molecular weight is 266 g/mol. The summed E-state index contributed by atoms with van der Waals surface area (Å²) >= 11 is 0. The summed E-state index contributed by atoms with van der Waals surface area (Å²) in [6, 6.07) is 4.17. The van der Waals surface area contributed by atoms with Crippen LogP contribution in [0.2, 0.25) is 0 Å². The van der Waals surface area contributed by atoms with E-state index >= 15 is 0 Å². The molecule has 0 saturated carbocycles. The number of fused-ring (bicyclic) bond motifs is 2. The third-order valence-corrected chi connectivity index (χ3v) is 4.49. The molecule has 3 aromatic heterocycles. The van der Waals surface area contributed by atoms with Crippen molar-refractivity contribution in [2.45, 2.75) is 32.6 Å². The van der Waals surface area contributed by atoms with E-state index in [9.17, 15) is 0 Å². The summed E-state index contributed by atoms with van der Waals surface area (Å²) in [4.78, 5) is 4.28. The van der Waals surface area contributed by atoms with Gasteiger partial charge in [0, 0.05) is 35.4 Å². The molecule has 1 unspecified atom stereocenters. The minimum atomic E-state index is 0.812. The maximum absolute atomic E-state index is 4.57. The number of rotatable bonds is 2. The lowest BCUT2D eigenvalue weighted by molar-refractivity contribution is 0.440. The molecule has 0 aromatic carbocycles. The Hall–Kier alpha value is -2.10. The van der Waals surface area contributed by atoms with Gasteiger partial charge in [0.1, 0.15) is 5.65 Å². The molecule has 3 heterocycles. The molecule has 0 fully saturated rings. The SMILES string of the molecule is CCC1CCc2c(-c3ccc4nccn4c3)n[nH]c2C1. The number of nitrogens with zero attached hydrogens (tertiary/aromatic N) is 3. The first-order valence-corrected chi connectivity index (χ1v) is 7.34.